The summed E-state index contributed by atoms with van der Waals surface area (Å²) in [7, 11) is -3.81. The lowest BCUT2D eigenvalue weighted by molar-refractivity contribution is 0.0943. The quantitative estimate of drug-likeness (QED) is 0.634. The van der Waals surface area contributed by atoms with Crippen molar-refractivity contribution in [3.8, 4) is 10.6 Å². The minimum Gasteiger partial charge on any atom is -0.345 e. The highest BCUT2D eigenvalue weighted by molar-refractivity contribution is 7.89. The number of benzene rings is 2. The first-order valence-corrected chi connectivity index (χ1v) is 11.1. The minimum absolute atomic E-state index is 0.00307. The van der Waals surface area contributed by atoms with Gasteiger partial charge in [-0.2, -0.15) is 0 Å². The molecule has 0 aliphatic heterocycles. The zero-order chi connectivity index (χ0) is 20.5. The number of aromatic nitrogens is 1. The van der Waals surface area contributed by atoms with Crippen molar-refractivity contribution in [2.75, 3.05) is 0 Å². The fraction of sp³-hybridized carbons (Fsp3) is 0.158. The lowest BCUT2D eigenvalue weighted by Crippen LogP contribution is -2.26. The van der Waals surface area contributed by atoms with Crippen LogP contribution in [0.2, 0.25) is 5.02 Å². The van der Waals surface area contributed by atoms with Crippen molar-refractivity contribution >= 4 is 38.9 Å². The Morgan fingerprint density at radius 2 is 1.93 bits per heavy atom. The van der Waals surface area contributed by atoms with E-state index in [1.54, 1.807) is 38.1 Å². The number of primary sulfonamides is 1. The van der Waals surface area contributed by atoms with Crippen LogP contribution in [0, 0.1) is 6.92 Å². The average Bonchev–Trinajstić information content (AvgIpc) is 3.03. The topological polar surface area (TPSA) is 102 Å². The molecule has 0 spiro atoms. The second-order valence-electron chi connectivity index (χ2n) is 6.26. The van der Waals surface area contributed by atoms with E-state index in [0.29, 0.717) is 26.2 Å². The maximum absolute atomic E-state index is 12.7. The van der Waals surface area contributed by atoms with E-state index in [2.05, 4.69) is 10.3 Å². The van der Waals surface area contributed by atoms with E-state index in [1.165, 1.54) is 23.5 Å². The Kier molecular flexibility index (Phi) is 5.85. The van der Waals surface area contributed by atoms with Gasteiger partial charge in [-0.3, -0.25) is 4.79 Å². The lowest BCUT2D eigenvalue weighted by atomic mass is 10.1. The van der Waals surface area contributed by atoms with Gasteiger partial charge in [0.25, 0.3) is 5.91 Å². The van der Waals surface area contributed by atoms with Crippen LogP contribution < -0.4 is 10.5 Å². The molecule has 0 saturated carbocycles. The third-order valence-electron chi connectivity index (χ3n) is 4.11. The van der Waals surface area contributed by atoms with Gasteiger partial charge in [0.05, 0.1) is 16.6 Å². The Labute approximate surface area is 172 Å². The van der Waals surface area contributed by atoms with Crippen LogP contribution in [0.15, 0.2) is 53.4 Å². The molecule has 2 aromatic carbocycles. The first kappa shape index (κ1) is 20.5. The molecule has 0 bridgehead atoms. The fourth-order valence-electron chi connectivity index (χ4n) is 2.66. The number of halogens is 1. The van der Waals surface area contributed by atoms with Crippen molar-refractivity contribution < 1.29 is 13.2 Å². The van der Waals surface area contributed by atoms with Gasteiger partial charge in [0.1, 0.15) is 9.88 Å². The van der Waals surface area contributed by atoms with Crippen LogP contribution in [-0.4, -0.2) is 19.3 Å². The van der Waals surface area contributed by atoms with Crippen molar-refractivity contribution in [1.82, 2.24) is 10.3 Å². The molecule has 0 saturated heterocycles. The van der Waals surface area contributed by atoms with Gasteiger partial charge in [0, 0.05) is 10.6 Å². The van der Waals surface area contributed by atoms with Gasteiger partial charge in [-0.25, -0.2) is 18.5 Å². The van der Waals surface area contributed by atoms with Gasteiger partial charge in [-0.05, 0) is 43.7 Å². The van der Waals surface area contributed by atoms with Crippen molar-refractivity contribution in [2.24, 2.45) is 5.14 Å². The van der Waals surface area contributed by atoms with Crippen LogP contribution in [0.4, 0.5) is 0 Å². The standard InChI is InChI=1S/C19H18ClN3O3S2/c1-11(13-5-4-8-16(10-13)28(21,25)26)22-18(24)17-12(2)23-19(27-17)14-6-3-7-15(20)9-14/h3-11H,1-2H3,(H,22,24)(H2,21,25,26). The number of rotatable bonds is 5. The number of hydrogen-bond acceptors (Lipinski definition) is 5. The van der Waals surface area contributed by atoms with Gasteiger partial charge in [-0.1, -0.05) is 35.9 Å². The van der Waals surface area contributed by atoms with Crippen molar-refractivity contribution in [1.29, 1.82) is 0 Å². The molecule has 1 amide bonds. The molecular weight excluding hydrogens is 418 g/mol. The Morgan fingerprint density at radius 3 is 2.61 bits per heavy atom. The largest absolute Gasteiger partial charge is 0.345 e. The zero-order valence-corrected chi connectivity index (χ0v) is 17.5. The van der Waals surface area contributed by atoms with Crippen molar-refractivity contribution in [3.63, 3.8) is 0 Å². The summed E-state index contributed by atoms with van der Waals surface area (Å²) in [6, 6.07) is 13.1. The van der Waals surface area contributed by atoms with Gasteiger partial charge >= 0.3 is 0 Å². The minimum atomic E-state index is -3.81. The number of sulfonamides is 1. The molecule has 1 aromatic heterocycles. The molecule has 0 aliphatic rings. The molecule has 3 N–H and O–H groups in total. The predicted molar refractivity (Wildman–Crippen MR) is 111 cm³/mol. The molecule has 1 atom stereocenters. The maximum atomic E-state index is 12.7. The second kappa shape index (κ2) is 8.00. The molecule has 0 radical (unpaired) electrons. The number of amides is 1. The molecule has 3 rings (SSSR count). The molecule has 146 valence electrons. The SMILES string of the molecule is Cc1nc(-c2cccc(Cl)c2)sc1C(=O)NC(C)c1cccc(S(N)(=O)=O)c1. The van der Waals surface area contributed by atoms with E-state index < -0.39 is 16.1 Å². The highest BCUT2D eigenvalue weighted by atomic mass is 35.5. The molecule has 1 heterocycles. The molecule has 1 unspecified atom stereocenters. The molecule has 9 heteroatoms. The summed E-state index contributed by atoms with van der Waals surface area (Å²) in [5, 5.41) is 9.35. The Hall–Kier alpha value is -2.26. The fourth-order valence-corrected chi connectivity index (χ4v) is 4.38. The number of nitrogens with two attached hydrogens (primary N) is 1. The van der Waals surface area contributed by atoms with E-state index >= 15 is 0 Å². The van der Waals surface area contributed by atoms with E-state index in [4.69, 9.17) is 16.7 Å². The third-order valence-corrected chi connectivity index (χ3v) is 6.46. The van der Waals surface area contributed by atoms with E-state index in [-0.39, 0.29) is 10.8 Å². The van der Waals surface area contributed by atoms with Crippen LogP contribution in [0.5, 0.6) is 0 Å². The first-order valence-electron chi connectivity index (χ1n) is 8.32. The number of nitrogens with zero attached hydrogens (tertiary/aromatic N) is 1. The van der Waals surface area contributed by atoms with Crippen LogP contribution >= 0.6 is 22.9 Å². The number of hydrogen-bond donors (Lipinski definition) is 2. The number of nitrogens with one attached hydrogen (secondary N) is 1. The Morgan fingerprint density at radius 1 is 1.21 bits per heavy atom. The zero-order valence-electron chi connectivity index (χ0n) is 15.1. The maximum Gasteiger partial charge on any atom is 0.263 e. The summed E-state index contributed by atoms with van der Waals surface area (Å²) in [4.78, 5) is 17.7. The highest BCUT2D eigenvalue weighted by Crippen LogP contribution is 2.30. The summed E-state index contributed by atoms with van der Waals surface area (Å²) in [5.74, 6) is -0.281. The lowest BCUT2D eigenvalue weighted by Gasteiger charge is -2.14. The Bertz CT molecular complexity index is 1140. The van der Waals surface area contributed by atoms with Crippen molar-refractivity contribution in [3.05, 3.63) is 69.7 Å². The van der Waals surface area contributed by atoms with E-state index in [1.807, 2.05) is 12.1 Å². The average molecular weight is 436 g/mol. The normalized spacial score (nSPS) is 12.6. The number of carbonyl (C=O) groups excluding carboxylic acids is 1. The molecule has 0 fully saturated rings. The molecular formula is C19H18ClN3O3S2. The molecule has 6 nitrogen and oxygen atoms in total. The van der Waals surface area contributed by atoms with Gasteiger partial charge < -0.3 is 5.32 Å². The number of carbonyl (C=O) groups is 1. The van der Waals surface area contributed by atoms with Crippen LogP contribution in [0.25, 0.3) is 10.6 Å². The molecule has 28 heavy (non-hydrogen) atoms. The summed E-state index contributed by atoms with van der Waals surface area (Å²) in [5.41, 5.74) is 2.09. The van der Waals surface area contributed by atoms with E-state index in [9.17, 15) is 13.2 Å². The summed E-state index contributed by atoms with van der Waals surface area (Å²) >= 11 is 7.31. The van der Waals surface area contributed by atoms with Gasteiger partial charge in [0.2, 0.25) is 10.0 Å². The van der Waals surface area contributed by atoms with Crippen LogP contribution in [0.3, 0.4) is 0 Å². The third kappa shape index (κ3) is 4.59. The van der Waals surface area contributed by atoms with Crippen LogP contribution in [-0.2, 0) is 10.0 Å². The Balaban J connectivity index is 1.82. The molecule has 0 aliphatic carbocycles. The number of thiazole rings is 1. The molecule has 3 aromatic rings. The van der Waals surface area contributed by atoms with Crippen molar-refractivity contribution in [2.45, 2.75) is 24.8 Å². The predicted octanol–water partition coefficient (Wildman–Crippen LogP) is 3.91. The number of aryl methyl sites for hydroxylation is 1. The van der Waals surface area contributed by atoms with Gasteiger partial charge in [-0.15, -0.1) is 11.3 Å². The second-order valence-corrected chi connectivity index (χ2v) is 9.25. The smallest absolute Gasteiger partial charge is 0.263 e. The monoisotopic (exact) mass is 435 g/mol. The van der Waals surface area contributed by atoms with Crippen LogP contribution in [0.1, 0.15) is 33.9 Å². The first-order chi connectivity index (χ1) is 13.1. The summed E-state index contributed by atoms with van der Waals surface area (Å²) in [6.45, 7) is 3.54. The summed E-state index contributed by atoms with van der Waals surface area (Å²) in [6.07, 6.45) is 0. The highest BCUT2D eigenvalue weighted by Gasteiger charge is 2.19. The van der Waals surface area contributed by atoms with Gasteiger partial charge in [0.15, 0.2) is 0 Å². The van der Waals surface area contributed by atoms with E-state index in [0.717, 1.165) is 5.56 Å². The summed E-state index contributed by atoms with van der Waals surface area (Å²) < 4.78 is 23.1.